The SMILES string of the molecule is COc1cc(C)c(F)cc1C1(O)CC1. The van der Waals surface area contributed by atoms with E-state index in [0.29, 0.717) is 29.7 Å². The molecule has 0 saturated heterocycles. The maximum Gasteiger partial charge on any atom is 0.126 e. The van der Waals surface area contributed by atoms with Crippen molar-refractivity contribution in [3.8, 4) is 5.75 Å². The van der Waals surface area contributed by atoms with Gasteiger partial charge in [-0.15, -0.1) is 0 Å². The third-order valence-electron chi connectivity index (χ3n) is 2.71. The summed E-state index contributed by atoms with van der Waals surface area (Å²) in [7, 11) is 1.53. The zero-order chi connectivity index (χ0) is 10.3. The molecule has 14 heavy (non-hydrogen) atoms. The molecule has 1 aliphatic rings. The molecule has 2 nitrogen and oxygen atoms in total. The number of hydrogen-bond donors (Lipinski definition) is 1. The Balaban J connectivity index is 2.52. The Morgan fingerprint density at radius 3 is 2.57 bits per heavy atom. The first-order chi connectivity index (χ1) is 6.57. The molecule has 0 spiro atoms. The summed E-state index contributed by atoms with van der Waals surface area (Å²) in [5, 5.41) is 9.88. The molecule has 76 valence electrons. The van der Waals surface area contributed by atoms with E-state index in [0.717, 1.165) is 0 Å². The van der Waals surface area contributed by atoms with Gasteiger partial charge in [0.25, 0.3) is 0 Å². The van der Waals surface area contributed by atoms with E-state index in [2.05, 4.69) is 0 Å². The zero-order valence-corrected chi connectivity index (χ0v) is 8.30. The fourth-order valence-corrected chi connectivity index (χ4v) is 1.58. The Hall–Kier alpha value is -1.09. The second-order valence-corrected chi connectivity index (χ2v) is 3.83. The lowest BCUT2D eigenvalue weighted by Gasteiger charge is -2.14. The van der Waals surface area contributed by atoms with Crippen LogP contribution in [0, 0.1) is 12.7 Å². The van der Waals surface area contributed by atoms with Gasteiger partial charge in [-0.25, -0.2) is 4.39 Å². The molecule has 0 bridgehead atoms. The Bertz CT molecular complexity index is 370. The van der Waals surface area contributed by atoms with Crippen molar-refractivity contribution in [3.05, 3.63) is 29.1 Å². The first-order valence-corrected chi connectivity index (χ1v) is 4.64. The van der Waals surface area contributed by atoms with Gasteiger partial charge in [-0.3, -0.25) is 0 Å². The van der Waals surface area contributed by atoms with Gasteiger partial charge in [-0.1, -0.05) is 0 Å². The van der Waals surface area contributed by atoms with Gasteiger partial charge in [0.1, 0.15) is 11.6 Å². The molecule has 0 unspecified atom stereocenters. The van der Waals surface area contributed by atoms with Crippen LogP contribution in [-0.2, 0) is 5.60 Å². The number of rotatable bonds is 2. The lowest BCUT2D eigenvalue weighted by molar-refractivity contribution is 0.147. The number of benzene rings is 1. The topological polar surface area (TPSA) is 29.5 Å². The number of hydrogen-bond acceptors (Lipinski definition) is 2. The van der Waals surface area contributed by atoms with Crippen molar-refractivity contribution < 1.29 is 14.2 Å². The third-order valence-corrected chi connectivity index (χ3v) is 2.71. The molecule has 0 atom stereocenters. The normalized spacial score (nSPS) is 18.0. The highest BCUT2D eigenvalue weighted by Crippen LogP contribution is 2.49. The van der Waals surface area contributed by atoms with Crippen LogP contribution in [0.15, 0.2) is 12.1 Å². The standard InChI is InChI=1S/C11H13FO2/c1-7-5-10(14-2)8(6-9(7)12)11(13)3-4-11/h5-6,13H,3-4H2,1-2H3. The van der Waals surface area contributed by atoms with Crippen LogP contribution in [0.1, 0.15) is 24.0 Å². The quantitative estimate of drug-likeness (QED) is 0.785. The highest BCUT2D eigenvalue weighted by atomic mass is 19.1. The number of aliphatic hydroxyl groups is 1. The summed E-state index contributed by atoms with van der Waals surface area (Å²) in [5.74, 6) is 0.282. The van der Waals surface area contributed by atoms with E-state index < -0.39 is 5.60 Å². The molecule has 0 aliphatic heterocycles. The van der Waals surface area contributed by atoms with Crippen LogP contribution in [0.25, 0.3) is 0 Å². The summed E-state index contributed by atoms with van der Waals surface area (Å²) in [6, 6.07) is 3.00. The van der Waals surface area contributed by atoms with Gasteiger partial charge in [-0.05, 0) is 37.5 Å². The molecule has 0 heterocycles. The fraction of sp³-hybridized carbons (Fsp3) is 0.455. The average Bonchev–Trinajstić information content (AvgIpc) is 2.89. The van der Waals surface area contributed by atoms with Crippen LogP contribution in [-0.4, -0.2) is 12.2 Å². The molecule has 1 aliphatic carbocycles. The minimum absolute atomic E-state index is 0.291. The van der Waals surface area contributed by atoms with E-state index in [1.54, 1.807) is 13.0 Å². The number of ether oxygens (including phenoxy) is 1. The first-order valence-electron chi connectivity index (χ1n) is 4.64. The Kier molecular flexibility index (Phi) is 2.00. The molecule has 3 heteroatoms. The van der Waals surface area contributed by atoms with Crippen molar-refractivity contribution in [2.45, 2.75) is 25.4 Å². The second kappa shape index (κ2) is 2.95. The summed E-state index contributed by atoms with van der Waals surface area (Å²) in [6.45, 7) is 1.68. The summed E-state index contributed by atoms with van der Waals surface area (Å²) in [6.07, 6.45) is 1.37. The van der Waals surface area contributed by atoms with Crippen LogP contribution in [0.2, 0.25) is 0 Å². The third kappa shape index (κ3) is 1.38. The summed E-state index contributed by atoms with van der Waals surface area (Å²) in [5.41, 5.74) is 0.262. The van der Waals surface area contributed by atoms with Crippen molar-refractivity contribution in [1.82, 2.24) is 0 Å². The largest absolute Gasteiger partial charge is 0.496 e. The molecule has 1 aromatic carbocycles. The van der Waals surface area contributed by atoms with Gasteiger partial charge in [-0.2, -0.15) is 0 Å². The lowest BCUT2D eigenvalue weighted by atomic mass is 10.0. The molecular formula is C11H13FO2. The van der Waals surface area contributed by atoms with E-state index in [1.807, 2.05) is 0 Å². The smallest absolute Gasteiger partial charge is 0.126 e. The highest BCUT2D eigenvalue weighted by Gasteiger charge is 2.44. The Labute approximate surface area is 82.3 Å². The zero-order valence-electron chi connectivity index (χ0n) is 8.30. The molecule has 1 saturated carbocycles. The van der Waals surface area contributed by atoms with Gasteiger partial charge in [0.05, 0.1) is 12.7 Å². The monoisotopic (exact) mass is 196 g/mol. The number of halogens is 1. The second-order valence-electron chi connectivity index (χ2n) is 3.83. The molecule has 0 amide bonds. The van der Waals surface area contributed by atoms with Crippen LogP contribution < -0.4 is 4.74 Å². The minimum atomic E-state index is -0.847. The fourth-order valence-electron chi connectivity index (χ4n) is 1.58. The van der Waals surface area contributed by atoms with Crippen LogP contribution >= 0.6 is 0 Å². The van der Waals surface area contributed by atoms with Crippen molar-refractivity contribution in [2.75, 3.05) is 7.11 Å². The molecule has 1 fully saturated rings. The summed E-state index contributed by atoms with van der Waals surface area (Å²) in [4.78, 5) is 0. The number of aryl methyl sites for hydroxylation is 1. The molecule has 0 radical (unpaired) electrons. The summed E-state index contributed by atoms with van der Waals surface area (Å²) >= 11 is 0. The van der Waals surface area contributed by atoms with E-state index in [9.17, 15) is 9.50 Å². The average molecular weight is 196 g/mol. The predicted octanol–water partition coefficient (Wildman–Crippen LogP) is 2.12. The highest BCUT2D eigenvalue weighted by molar-refractivity contribution is 5.44. The Morgan fingerprint density at radius 1 is 1.43 bits per heavy atom. The lowest BCUT2D eigenvalue weighted by Crippen LogP contribution is -2.08. The van der Waals surface area contributed by atoms with Crippen molar-refractivity contribution in [1.29, 1.82) is 0 Å². The van der Waals surface area contributed by atoms with Crippen LogP contribution in [0.4, 0.5) is 4.39 Å². The maximum absolute atomic E-state index is 13.3. The van der Waals surface area contributed by atoms with Gasteiger partial charge in [0.2, 0.25) is 0 Å². The number of methoxy groups -OCH3 is 1. The predicted molar refractivity (Wildman–Crippen MR) is 50.8 cm³/mol. The van der Waals surface area contributed by atoms with Crippen molar-refractivity contribution >= 4 is 0 Å². The van der Waals surface area contributed by atoms with Gasteiger partial charge >= 0.3 is 0 Å². The molecule has 0 aromatic heterocycles. The maximum atomic E-state index is 13.3. The van der Waals surface area contributed by atoms with Gasteiger partial charge < -0.3 is 9.84 Å². The first kappa shape index (κ1) is 9.46. The molecule has 1 aromatic rings. The minimum Gasteiger partial charge on any atom is -0.496 e. The van der Waals surface area contributed by atoms with Crippen LogP contribution in [0.3, 0.4) is 0 Å². The van der Waals surface area contributed by atoms with Gasteiger partial charge in [0.15, 0.2) is 0 Å². The van der Waals surface area contributed by atoms with E-state index in [1.165, 1.54) is 13.2 Å². The van der Waals surface area contributed by atoms with Crippen LogP contribution in [0.5, 0.6) is 5.75 Å². The molecule has 1 N–H and O–H groups in total. The summed E-state index contributed by atoms with van der Waals surface area (Å²) < 4.78 is 18.4. The van der Waals surface area contributed by atoms with Crippen molar-refractivity contribution in [3.63, 3.8) is 0 Å². The van der Waals surface area contributed by atoms with E-state index in [-0.39, 0.29) is 5.82 Å². The van der Waals surface area contributed by atoms with E-state index in [4.69, 9.17) is 4.74 Å². The van der Waals surface area contributed by atoms with Crippen molar-refractivity contribution in [2.24, 2.45) is 0 Å². The Morgan fingerprint density at radius 2 is 2.07 bits per heavy atom. The molecular weight excluding hydrogens is 183 g/mol. The molecule has 2 rings (SSSR count). The van der Waals surface area contributed by atoms with Gasteiger partial charge in [0, 0.05) is 5.56 Å². The van der Waals surface area contributed by atoms with E-state index >= 15 is 0 Å².